The third-order valence-electron chi connectivity index (χ3n) is 1.63. The fourth-order valence-electron chi connectivity index (χ4n) is 1.01. The molecule has 0 radical (unpaired) electrons. The van der Waals surface area contributed by atoms with Crippen LogP contribution < -0.4 is 0 Å². The molecule has 0 fully saturated rings. The van der Waals surface area contributed by atoms with E-state index in [1.54, 1.807) is 6.92 Å². The SMILES string of the molecule is C/C(=C\C(=O)O)c1ccn(C)c1. The second-order valence-electron chi connectivity index (χ2n) is 2.73. The lowest BCUT2D eigenvalue weighted by Gasteiger charge is -1.93. The molecule has 1 heterocycles. The Morgan fingerprint density at radius 1 is 1.67 bits per heavy atom. The standard InChI is InChI=1S/C9H11NO2/c1-7(5-9(11)12)8-3-4-10(2)6-8/h3-6H,1-2H3,(H,11,12)/b7-5+. The number of nitrogens with zero attached hydrogens (tertiary/aromatic N) is 1. The van der Waals surface area contributed by atoms with Gasteiger partial charge in [-0.15, -0.1) is 0 Å². The average Bonchev–Trinajstić information content (AvgIpc) is 2.34. The Morgan fingerprint density at radius 2 is 2.33 bits per heavy atom. The van der Waals surface area contributed by atoms with Crippen LogP contribution in [0, 0.1) is 0 Å². The van der Waals surface area contributed by atoms with Crippen molar-refractivity contribution in [1.82, 2.24) is 4.57 Å². The highest BCUT2D eigenvalue weighted by Gasteiger charge is 1.98. The van der Waals surface area contributed by atoms with Crippen molar-refractivity contribution in [3.63, 3.8) is 0 Å². The monoisotopic (exact) mass is 165 g/mol. The molecule has 1 aromatic heterocycles. The summed E-state index contributed by atoms with van der Waals surface area (Å²) >= 11 is 0. The van der Waals surface area contributed by atoms with Gasteiger partial charge in [-0.05, 0) is 24.1 Å². The van der Waals surface area contributed by atoms with Crippen molar-refractivity contribution in [2.75, 3.05) is 0 Å². The molecule has 0 aliphatic heterocycles. The first-order chi connectivity index (χ1) is 5.59. The highest BCUT2D eigenvalue weighted by Crippen LogP contribution is 2.12. The second-order valence-corrected chi connectivity index (χ2v) is 2.73. The largest absolute Gasteiger partial charge is 0.478 e. The van der Waals surface area contributed by atoms with E-state index in [9.17, 15) is 4.79 Å². The van der Waals surface area contributed by atoms with Crippen molar-refractivity contribution in [2.45, 2.75) is 6.92 Å². The number of rotatable bonds is 2. The number of aliphatic carboxylic acids is 1. The maximum absolute atomic E-state index is 10.3. The van der Waals surface area contributed by atoms with Crippen molar-refractivity contribution in [1.29, 1.82) is 0 Å². The molecule has 0 saturated heterocycles. The zero-order chi connectivity index (χ0) is 9.14. The molecule has 0 aliphatic rings. The maximum Gasteiger partial charge on any atom is 0.328 e. The normalized spacial score (nSPS) is 11.7. The minimum absolute atomic E-state index is 0.767. The molecule has 0 aliphatic carbocycles. The zero-order valence-corrected chi connectivity index (χ0v) is 7.11. The van der Waals surface area contributed by atoms with Crippen molar-refractivity contribution in [3.8, 4) is 0 Å². The van der Waals surface area contributed by atoms with Crippen molar-refractivity contribution in [3.05, 3.63) is 30.1 Å². The van der Waals surface area contributed by atoms with E-state index in [0.717, 1.165) is 11.1 Å². The smallest absolute Gasteiger partial charge is 0.328 e. The van der Waals surface area contributed by atoms with Gasteiger partial charge in [-0.2, -0.15) is 0 Å². The average molecular weight is 165 g/mol. The number of hydrogen-bond acceptors (Lipinski definition) is 1. The van der Waals surface area contributed by atoms with E-state index < -0.39 is 5.97 Å². The van der Waals surface area contributed by atoms with Crippen LogP contribution in [0.5, 0.6) is 0 Å². The molecule has 0 spiro atoms. The number of allylic oxidation sites excluding steroid dienone is 1. The summed E-state index contributed by atoms with van der Waals surface area (Å²) in [5.74, 6) is -0.906. The second kappa shape index (κ2) is 3.26. The van der Waals surface area contributed by atoms with Crippen LogP contribution in [0.3, 0.4) is 0 Å². The van der Waals surface area contributed by atoms with Crippen LogP contribution in [-0.2, 0) is 11.8 Å². The molecule has 0 unspecified atom stereocenters. The van der Waals surface area contributed by atoms with Crippen LogP contribution >= 0.6 is 0 Å². The Balaban J connectivity index is 2.91. The first-order valence-electron chi connectivity index (χ1n) is 3.63. The number of carbonyl (C=O) groups is 1. The molecule has 0 amide bonds. The van der Waals surface area contributed by atoms with Gasteiger partial charge < -0.3 is 9.67 Å². The molecular weight excluding hydrogens is 154 g/mol. The van der Waals surface area contributed by atoms with Gasteiger partial charge in [0.15, 0.2) is 0 Å². The van der Waals surface area contributed by atoms with Crippen LogP contribution in [0.4, 0.5) is 0 Å². The molecular formula is C9H11NO2. The lowest BCUT2D eigenvalue weighted by atomic mass is 10.1. The maximum atomic E-state index is 10.3. The Labute approximate surface area is 70.9 Å². The van der Waals surface area contributed by atoms with Crippen LogP contribution in [0.15, 0.2) is 24.5 Å². The summed E-state index contributed by atoms with van der Waals surface area (Å²) in [5, 5.41) is 8.47. The van der Waals surface area contributed by atoms with Gasteiger partial charge in [0.1, 0.15) is 0 Å². The van der Waals surface area contributed by atoms with Crippen molar-refractivity contribution < 1.29 is 9.90 Å². The Bertz CT molecular complexity index is 323. The van der Waals surface area contributed by atoms with Gasteiger partial charge in [0.05, 0.1) is 0 Å². The van der Waals surface area contributed by atoms with Gasteiger partial charge in [0, 0.05) is 25.5 Å². The predicted octanol–water partition coefficient (Wildman–Crippen LogP) is 1.51. The number of aromatic nitrogens is 1. The lowest BCUT2D eigenvalue weighted by molar-refractivity contribution is -0.131. The molecule has 1 N–H and O–H groups in total. The molecule has 3 heteroatoms. The Kier molecular flexibility index (Phi) is 2.33. The van der Waals surface area contributed by atoms with E-state index in [-0.39, 0.29) is 0 Å². The molecule has 0 atom stereocenters. The van der Waals surface area contributed by atoms with Gasteiger partial charge in [0.25, 0.3) is 0 Å². The van der Waals surface area contributed by atoms with E-state index in [0.29, 0.717) is 0 Å². The van der Waals surface area contributed by atoms with Crippen LogP contribution in [0.2, 0.25) is 0 Å². The van der Waals surface area contributed by atoms with Crippen molar-refractivity contribution >= 4 is 11.5 Å². The summed E-state index contributed by atoms with van der Waals surface area (Å²) in [6, 6.07) is 1.88. The molecule has 1 rings (SSSR count). The highest BCUT2D eigenvalue weighted by atomic mass is 16.4. The molecule has 3 nitrogen and oxygen atoms in total. The quantitative estimate of drug-likeness (QED) is 0.675. The summed E-state index contributed by atoms with van der Waals surface area (Å²) in [4.78, 5) is 10.3. The highest BCUT2D eigenvalue weighted by molar-refractivity contribution is 5.89. The minimum atomic E-state index is -0.906. The molecule has 64 valence electrons. The number of hydrogen-bond donors (Lipinski definition) is 1. The summed E-state index contributed by atoms with van der Waals surface area (Å²) < 4.78 is 1.88. The first kappa shape index (κ1) is 8.59. The fraction of sp³-hybridized carbons (Fsp3) is 0.222. The third kappa shape index (κ3) is 1.99. The lowest BCUT2D eigenvalue weighted by Crippen LogP contribution is -1.89. The number of carboxylic acid groups (broad SMARTS) is 1. The molecule has 0 saturated carbocycles. The Hall–Kier alpha value is -1.51. The van der Waals surface area contributed by atoms with Crippen LogP contribution in [0.1, 0.15) is 12.5 Å². The Morgan fingerprint density at radius 3 is 2.75 bits per heavy atom. The minimum Gasteiger partial charge on any atom is -0.478 e. The fourth-order valence-corrected chi connectivity index (χ4v) is 1.01. The van der Waals surface area contributed by atoms with Gasteiger partial charge >= 0.3 is 5.97 Å². The van der Waals surface area contributed by atoms with Gasteiger partial charge in [-0.3, -0.25) is 0 Å². The van der Waals surface area contributed by atoms with Gasteiger partial charge in [-0.1, -0.05) is 0 Å². The van der Waals surface area contributed by atoms with Crippen LogP contribution in [-0.4, -0.2) is 15.6 Å². The van der Waals surface area contributed by atoms with Crippen molar-refractivity contribution in [2.24, 2.45) is 7.05 Å². The zero-order valence-electron chi connectivity index (χ0n) is 7.11. The van der Waals surface area contributed by atoms with E-state index in [4.69, 9.17) is 5.11 Å². The first-order valence-corrected chi connectivity index (χ1v) is 3.63. The van der Waals surface area contributed by atoms with E-state index in [2.05, 4.69) is 0 Å². The van der Waals surface area contributed by atoms with Gasteiger partial charge in [-0.25, -0.2) is 4.79 Å². The van der Waals surface area contributed by atoms with E-state index in [1.807, 2.05) is 30.1 Å². The number of carboxylic acids is 1. The molecule has 0 bridgehead atoms. The topological polar surface area (TPSA) is 42.2 Å². The summed E-state index contributed by atoms with van der Waals surface area (Å²) in [5.41, 5.74) is 1.71. The van der Waals surface area contributed by atoms with E-state index in [1.165, 1.54) is 6.08 Å². The number of aryl methyl sites for hydroxylation is 1. The van der Waals surface area contributed by atoms with E-state index >= 15 is 0 Å². The molecule has 12 heavy (non-hydrogen) atoms. The summed E-state index contributed by atoms with van der Waals surface area (Å²) in [7, 11) is 1.90. The summed E-state index contributed by atoms with van der Waals surface area (Å²) in [6.45, 7) is 1.78. The summed E-state index contributed by atoms with van der Waals surface area (Å²) in [6.07, 6.45) is 4.97. The van der Waals surface area contributed by atoms with Gasteiger partial charge in [0.2, 0.25) is 0 Å². The molecule has 0 aromatic carbocycles. The third-order valence-corrected chi connectivity index (χ3v) is 1.63. The molecule has 1 aromatic rings. The predicted molar refractivity (Wildman–Crippen MR) is 46.7 cm³/mol. The van der Waals surface area contributed by atoms with Crippen LogP contribution in [0.25, 0.3) is 5.57 Å².